The Balaban J connectivity index is 2.73. The molecule has 3 atom stereocenters. The van der Waals surface area contributed by atoms with E-state index in [0.717, 1.165) is 6.07 Å². The summed E-state index contributed by atoms with van der Waals surface area (Å²) >= 11 is 0. The van der Waals surface area contributed by atoms with Gasteiger partial charge in [-0.15, -0.1) is 0 Å². The van der Waals surface area contributed by atoms with Crippen LogP contribution in [-0.2, 0) is 17.1 Å². The first kappa shape index (κ1) is 24.2. The van der Waals surface area contributed by atoms with Gasteiger partial charge in [0.15, 0.2) is 12.3 Å². The average Bonchev–Trinajstić information content (AvgIpc) is 2.95. The van der Waals surface area contributed by atoms with E-state index in [-0.39, 0.29) is 17.1 Å². The Bertz CT molecular complexity index is 935. The number of ether oxygens (including phenoxy) is 1. The largest absolute Gasteiger partial charge is 0.417 e. The number of hydrazone groups is 1. The van der Waals surface area contributed by atoms with Gasteiger partial charge in [-0.05, 0) is 12.1 Å². The Morgan fingerprint density at radius 2 is 1.48 bits per heavy atom. The van der Waals surface area contributed by atoms with Gasteiger partial charge in [-0.1, -0.05) is 0 Å². The maximum Gasteiger partial charge on any atom is 0.417 e. The van der Waals surface area contributed by atoms with E-state index in [1.807, 2.05) is 0 Å². The third-order valence-corrected chi connectivity index (χ3v) is 4.23. The summed E-state index contributed by atoms with van der Waals surface area (Å²) in [7, 11) is 0.577. The van der Waals surface area contributed by atoms with Gasteiger partial charge in [0.05, 0.1) is 28.3 Å². The predicted molar refractivity (Wildman–Crippen MR) is 83.0 cm³/mol. The van der Waals surface area contributed by atoms with Crippen LogP contribution in [0.3, 0.4) is 0 Å². The van der Waals surface area contributed by atoms with E-state index in [2.05, 4.69) is 9.84 Å². The molecular weight excluding hydrogens is 451 g/mol. The van der Waals surface area contributed by atoms with Gasteiger partial charge in [0.2, 0.25) is 0 Å². The number of alkyl halides is 9. The lowest BCUT2D eigenvalue weighted by Gasteiger charge is -2.29. The highest BCUT2D eigenvalue weighted by molar-refractivity contribution is 6.03. The maximum absolute atomic E-state index is 13.3. The minimum atomic E-state index is -5.46. The van der Waals surface area contributed by atoms with Crippen LogP contribution in [0.5, 0.6) is 0 Å². The number of hydrogen-bond donors (Lipinski definition) is 1. The third kappa shape index (κ3) is 4.52. The minimum absolute atomic E-state index is 0.00656. The zero-order valence-electron chi connectivity index (χ0n) is 14.9. The monoisotopic (exact) mass is 460 g/mol. The standard InChI is InChI=1S/C16H9F9N4O2/c1-31-12(16(23,24)25)11-10(5-27)28-29(13(11)30)6-2-8(14(17,18)19)7(4-26)9(3-6)15(20,21)22/h2-3,11-13,30H,1H3. The number of aliphatic hydroxyl groups is 1. The average molecular weight is 460 g/mol. The molecule has 1 N–H and O–H groups in total. The first-order valence-electron chi connectivity index (χ1n) is 7.85. The highest BCUT2D eigenvalue weighted by atomic mass is 19.4. The Hall–Kier alpha value is -3.04. The summed E-state index contributed by atoms with van der Waals surface area (Å²) in [6.45, 7) is 0. The van der Waals surface area contributed by atoms with Crippen molar-refractivity contribution in [3.05, 3.63) is 28.8 Å². The summed E-state index contributed by atoms with van der Waals surface area (Å²) in [6, 6.07) is 2.03. The molecule has 2 rings (SSSR count). The SMILES string of the molecule is COC(C1C(C#N)=NN(c2cc(C(F)(F)F)c(C#N)c(C(F)(F)F)c2)C1O)C(F)(F)F. The topological polar surface area (TPSA) is 92.6 Å². The molecule has 168 valence electrons. The smallest absolute Gasteiger partial charge is 0.371 e. The Kier molecular flexibility index (Phi) is 6.17. The summed E-state index contributed by atoms with van der Waals surface area (Å²) < 4.78 is 123. The molecule has 0 saturated carbocycles. The second kappa shape index (κ2) is 7.90. The van der Waals surface area contributed by atoms with Crippen molar-refractivity contribution in [1.29, 1.82) is 10.5 Å². The van der Waals surface area contributed by atoms with Crippen molar-refractivity contribution in [3.63, 3.8) is 0 Å². The van der Waals surface area contributed by atoms with Gasteiger partial charge >= 0.3 is 18.5 Å². The van der Waals surface area contributed by atoms with Gasteiger partial charge in [0, 0.05) is 7.11 Å². The number of halogens is 9. The molecule has 1 aromatic carbocycles. The molecule has 0 spiro atoms. The number of hydrogen-bond acceptors (Lipinski definition) is 6. The molecule has 1 aliphatic rings. The van der Waals surface area contributed by atoms with Crippen LogP contribution in [0.25, 0.3) is 0 Å². The first-order chi connectivity index (χ1) is 14.1. The molecule has 3 unspecified atom stereocenters. The van der Waals surface area contributed by atoms with Crippen molar-refractivity contribution >= 4 is 11.4 Å². The lowest BCUT2D eigenvalue weighted by molar-refractivity contribution is -0.227. The Morgan fingerprint density at radius 1 is 1.00 bits per heavy atom. The molecule has 1 aromatic rings. The fourth-order valence-electron chi connectivity index (χ4n) is 2.95. The van der Waals surface area contributed by atoms with Crippen LogP contribution < -0.4 is 5.01 Å². The zero-order chi connectivity index (χ0) is 23.9. The quantitative estimate of drug-likeness (QED) is 0.693. The molecule has 0 aromatic heterocycles. The van der Waals surface area contributed by atoms with E-state index in [1.54, 1.807) is 0 Å². The number of anilines is 1. The van der Waals surface area contributed by atoms with Crippen molar-refractivity contribution in [2.24, 2.45) is 11.0 Å². The first-order valence-corrected chi connectivity index (χ1v) is 7.85. The number of nitriles is 2. The van der Waals surface area contributed by atoms with Crippen LogP contribution in [0.1, 0.15) is 16.7 Å². The lowest BCUT2D eigenvalue weighted by Crippen LogP contribution is -2.47. The molecule has 1 aliphatic heterocycles. The molecule has 0 bridgehead atoms. The van der Waals surface area contributed by atoms with Crippen molar-refractivity contribution in [2.75, 3.05) is 12.1 Å². The zero-order valence-corrected chi connectivity index (χ0v) is 14.9. The summed E-state index contributed by atoms with van der Waals surface area (Å²) in [4.78, 5) is 0. The molecule has 0 fully saturated rings. The van der Waals surface area contributed by atoms with E-state index < -0.39 is 64.9 Å². The molecule has 6 nitrogen and oxygen atoms in total. The number of aliphatic hydroxyl groups excluding tert-OH is 1. The Morgan fingerprint density at radius 3 is 1.81 bits per heavy atom. The third-order valence-electron chi connectivity index (χ3n) is 4.23. The van der Waals surface area contributed by atoms with Crippen LogP contribution in [0.4, 0.5) is 45.2 Å². The predicted octanol–water partition coefficient (Wildman–Crippen LogP) is 3.81. The van der Waals surface area contributed by atoms with E-state index in [0.29, 0.717) is 7.11 Å². The lowest BCUT2D eigenvalue weighted by atomic mass is 9.95. The summed E-state index contributed by atoms with van der Waals surface area (Å²) in [5.74, 6) is -2.27. The summed E-state index contributed by atoms with van der Waals surface area (Å²) in [5, 5.41) is 31.4. The van der Waals surface area contributed by atoms with Gasteiger partial charge in [0.1, 0.15) is 17.9 Å². The summed E-state index contributed by atoms with van der Waals surface area (Å²) in [6.07, 6.45) is -21.4. The van der Waals surface area contributed by atoms with E-state index in [9.17, 15) is 44.6 Å². The molecule has 1 heterocycles. The second-order valence-electron chi connectivity index (χ2n) is 6.10. The molecule has 0 saturated heterocycles. The molecule has 15 heteroatoms. The molecule has 31 heavy (non-hydrogen) atoms. The van der Waals surface area contributed by atoms with Gasteiger partial charge in [0.25, 0.3) is 0 Å². The maximum atomic E-state index is 13.3. The van der Waals surface area contributed by atoms with Crippen LogP contribution in [0, 0.1) is 28.6 Å². The molecule has 0 aliphatic carbocycles. The van der Waals surface area contributed by atoms with Gasteiger partial charge in [-0.3, -0.25) is 0 Å². The number of methoxy groups -OCH3 is 1. The van der Waals surface area contributed by atoms with E-state index in [4.69, 9.17) is 10.5 Å². The van der Waals surface area contributed by atoms with Crippen molar-refractivity contribution in [1.82, 2.24) is 0 Å². The molecular formula is C16H9F9N4O2. The number of nitrogens with zero attached hydrogens (tertiary/aromatic N) is 4. The van der Waals surface area contributed by atoms with E-state index >= 15 is 0 Å². The van der Waals surface area contributed by atoms with Gasteiger partial charge in [-0.2, -0.15) is 55.1 Å². The highest BCUT2D eigenvalue weighted by Crippen LogP contribution is 2.44. The highest BCUT2D eigenvalue weighted by Gasteiger charge is 2.54. The van der Waals surface area contributed by atoms with Crippen LogP contribution in [0.2, 0.25) is 0 Å². The number of rotatable bonds is 3. The summed E-state index contributed by atoms with van der Waals surface area (Å²) in [5.41, 5.74) is -8.06. The molecule has 0 radical (unpaired) electrons. The fraction of sp³-hybridized carbons (Fsp3) is 0.438. The van der Waals surface area contributed by atoms with Crippen LogP contribution >= 0.6 is 0 Å². The van der Waals surface area contributed by atoms with Crippen molar-refractivity contribution in [3.8, 4) is 12.1 Å². The number of benzene rings is 1. The van der Waals surface area contributed by atoms with Gasteiger partial charge < -0.3 is 9.84 Å². The fourth-order valence-corrected chi connectivity index (χ4v) is 2.95. The molecule has 0 amide bonds. The Labute approximate surface area is 167 Å². The van der Waals surface area contributed by atoms with E-state index in [1.165, 1.54) is 6.07 Å². The van der Waals surface area contributed by atoms with Gasteiger partial charge in [-0.25, -0.2) is 5.01 Å². The minimum Gasteiger partial charge on any atom is -0.371 e. The second-order valence-corrected chi connectivity index (χ2v) is 6.10. The van der Waals surface area contributed by atoms with Crippen LogP contribution in [-0.4, -0.2) is 36.4 Å². The normalized spacial score (nSPS) is 20.8. The van der Waals surface area contributed by atoms with Crippen molar-refractivity contribution < 1.29 is 49.4 Å². The van der Waals surface area contributed by atoms with Crippen LogP contribution in [0.15, 0.2) is 17.2 Å². The van der Waals surface area contributed by atoms with Crippen molar-refractivity contribution in [2.45, 2.75) is 30.9 Å².